The molecular formula is C25H19BrN2O3. The van der Waals surface area contributed by atoms with Crippen LogP contribution in [0.1, 0.15) is 21.5 Å². The zero-order valence-corrected chi connectivity index (χ0v) is 18.0. The predicted molar refractivity (Wildman–Crippen MR) is 126 cm³/mol. The minimum absolute atomic E-state index is 0.0889. The molecule has 4 aromatic rings. The van der Waals surface area contributed by atoms with Crippen molar-refractivity contribution >= 4 is 38.8 Å². The highest BCUT2D eigenvalue weighted by Crippen LogP contribution is 2.26. The minimum Gasteiger partial charge on any atom is -0.507 e. The van der Waals surface area contributed by atoms with Gasteiger partial charge in [0.1, 0.15) is 18.1 Å². The fourth-order valence-corrected chi connectivity index (χ4v) is 3.54. The Morgan fingerprint density at radius 1 is 1.00 bits per heavy atom. The topological polar surface area (TPSA) is 70.9 Å². The normalized spacial score (nSPS) is 11.0. The van der Waals surface area contributed by atoms with Crippen LogP contribution in [0.2, 0.25) is 0 Å². The Bertz CT molecular complexity index is 1260. The molecule has 0 fully saturated rings. The monoisotopic (exact) mass is 474 g/mol. The van der Waals surface area contributed by atoms with Crippen molar-refractivity contribution in [2.24, 2.45) is 5.10 Å². The second kappa shape index (κ2) is 9.45. The predicted octanol–water partition coefficient (Wildman–Crippen LogP) is 5.65. The third-order valence-electron chi connectivity index (χ3n) is 4.73. The molecule has 0 aliphatic carbocycles. The van der Waals surface area contributed by atoms with E-state index in [1.54, 1.807) is 18.2 Å². The number of hydrazone groups is 1. The van der Waals surface area contributed by atoms with Gasteiger partial charge in [-0.25, -0.2) is 5.43 Å². The van der Waals surface area contributed by atoms with Crippen molar-refractivity contribution in [2.75, 3.05) is 0 Å². The maximum atomic E-state index is 12.8. The highest BCUT2D eigenvalue weighted by molar-refractivity contribution is 9.10. The SMILES string of the molecule is O=C(N/N=C\c1c(O)ccc2ccccc12)c1cc(Br)ccc1OCc1ccccc1. The fourth-order valence-electron chi connectivity index (χ4n) is 3.18. The average molecular weight is 475 g/mol. The maximum absolute atomic E-state index is 12.8. The van der Waals surface area contributed by atoms with E-state index < -0.39 is 5.91 Å². The Hall–Kier alpha value is -3.64. The molecule has 4 aromatic carbocycles. The van der Waals surface area contributed by atoms with E-state index in [-0.39, 0.29) is 5.75 Å². The molecule has 0 heterocycles. The van der Waals surface area contributed by atoms with Crippen molar-refractivity contribution in [3.63, 3.8) is 0 Å². The molecule has 0 atom stereocenters. The molecule has 6 heteroatoms. The summed E-state index contributed by atoms with van der Waals surface area (Å²) >= 11 is 3.40. The van der Waals surface area contributed by atoms with Crippen molar-refractivity contribution in [3.8, 4) is 11.5 Å². The van der Waals surface area contributed by atoms with Gasteiger partial charge >= 0.3 is 0 Å². The van der Waals surface area contributed by atoms with Crippen LogP contribution < -0.4 is 10.2 Å². The molecule has 0 saturated heterocycles. The molecule has 0 spiro atoms. The van der Waals surface area contributed by atoms with Crippen molar-refractivity contribution in [3.05, 3.63) is 106 Å². The summed E-state index contributed by atoms with van der Waals surface area (Å²) < 4.78 is 6.62. The lowest BCUT2D eigenvalue weighted by atomic mass is 10.0. The molecule has 0 aliphatic heterocycles. The molecule has 31 heavy (non-hydrogen) atoms. The van der Waals surface area contributed by atoms with E-state index in [0.717, 1.165) is 20.8 Å². The molecule has 154 valence electrons. The summed E-state index contributed by atoms with van der Waals surface area (Å²) in [6, 6.07) is 26.0. The first-order valence-electron chi connectivity index (χ1n) is 9.62. The van der Waals surface area contributed by atoms with Crippen LogP contribution in [0.25, 0.3) is 10.8 Å². The zero-order chi connectivity index (χ0) is 21.6. The van der Waals surface area contributed by atoms with Crippen LogP contribution in [0.15, 0.2) is 94.5 Å². The Balaban J connectivity index is 1.53. The highest BCUT2D eigenvalue weighted by atomic mass is 79.9. The van der Waals surface area contributed by atoms with Crippen LogP contribution in [0.5, 0.6) is 11.5 Å². The van der Waals surface area contributed by atoms with Gasteiger partial charge in [0.05, 0.1) is 11.8 Å². The van der Waals surface area contributed by atoms with Gasteiger partial charge in [0, 0.05) is 10.0 Å². The smallest absolute Gasteiger partial charge is 0.275 e. The maximum Gasteiger partial charge on any atom is 0.275 e. The van der Waals surface area contributed by atoms with Gasteiger partial charge in [-0.15, -0.1) is 0 Å². The van der Waals surface area contributed by atoms with Crippen LogP contribution in [0.3, 0.4) is 0 Å². The Labute approximate surface area is 188 Å². The second-order valence-electron chi connectivity index (χ2n) is 6.83. The second-order valence-corrected chi connectivity index (χ2v) is 7.75. The number of nitrogens with zero attached hydrogens (tertiary/aromatic N) is 1. The number of amides is 1. The summed E-state index contributed by atoms with van der Waals surface area (Å²) in [5.41, 5.74) is 4.41. The van der Waals surface area contributed by atoms with E-state index in [9.17, 15) is 9.90 Å². The summed E-state index contributed by atoms with van der Waals surface area (Å²) in [6.07, 6.45) is 1.44. The van der Waals surface area contributed by atoms with E-state index in [2.05, 4.69) is 26.5 Å². The standard InChI is InChI=1S/C25H19BrN2O3/c26-19-11-13-24(31-16-17-6-2-1-3-7-17)21(14-19)25(30)28-27-15-22-20-9-5-4-8-18(20)10-12-23(22)29/h1-15,29H,16H2,(H,28,30)/b27-15-. The van der Waals surface area contributed by atoms with Gasteiger partial charge < -0.3 is 9.84 Å². The number of hydrogen-bond acceptors (Lipinski definition) is 4. The van der Waals surface area contributed by atoms with E-state index in [1.165, 1.54) is 6.21 Å². The average Bonchev–Trinajstić information content (AvgIpc) is 2.80. The van der Waals surface area contributed by atoms with E-state index >= 15 is 0 Å². The number of carbonyl (C=O) groups excluding carboxylic acids is 1. The molecule has 1 amide bonds. The van der Waals surface area contributed by atoms with Crippen LogP contribution in [0, 0.1) is 0 Å². The molecule has 2 N–H and O–H groups in total. The number of phenolic OH excluding ortho intramolecular Hbond substituents is 1. The van der Waals surface area contributed by atoms with Gasteiger partial charge in [0.15, 0.2) is 0 Å². The number of hydrogen-bond donors (Lipinski definition) is 2. The number of phenols is 1. The van der Waals surface area contributed by atoms with Crippen LogP contribution in [-0.4, -0.2) is 17.2 Å². The number of fused-ring (bicyclic) bond motifs is 1. The first-order valence-corrected chi connectivity index (χ1v) is 10.4. The lowest BCUT2D eigenvalue weighted by Gasteiger charge is -2.11. The summed E-state index contributed by atoms with van der Waals surface area (Å²) in [7, 11) is 0. The Morgan fingerprint density at radius 2 is 1.77 bits per heavy atom. The number of benzene rings is 4. The molecule has 4 rings (SSSR count). The Kier molecular flexibility index (Phi) is 6.29. The number of nitrogens with one attached hydrogen (secondary N) is 1. The molecule has 0 unspecified atom stereocenters. The van der Waals surface area contributed by atoms with Gasteiger partial charge in [-0.1, -0.05) is 76.6 Å². The number of halogens is 1. The van der Waals surface area contributed by atoms with Crippen molar-refractivity contribution in [2.45, 2.75) is 6.61 Å². The van der Waals surface area contributed by atoms with Crippen LogP contribution in [-0.2, 0) is 6.61 Å². The largest absolute Gasteiger partial charge is 0.507 e. The summed E-state index contributed by atoms with van der Waals surface area (Å²) in [5, 5.41) is 16.1. The van der Waals surface area contributed by atoms with Gasteiger partial charge in [-0.3, -0.25) is 4.79 Å². The van der Waals surface area contributed by atoms with Crippen LogP contribution >= 0.6 is 15.9 Å². The molecule has 0 radical (unpaired) electrons. The highest BCUT2D eigenvalue weighted by Gasteiger charge is 2.13. The molecule has 5 nitrogen and oxygen atoms in total. The summed E-state index contributed by atoms with van der Waals surface area (Å²) in [6.45, 7) is 0.343. The quantitative estimate of drug-likeness (QED) is 0.280. The van der Waals surface area contributed by atoms with E-state index in [1.807, 2.05) is 66.7 Å². The number of ether oxygens (including phenoxy) is 1. The van der Waals surface area contributed by atoms with Gasteiger partial charge in [0.2, 0.25) is 0 Å². The minimum atomic E-state index is -0.416. The lowest BCUT2D eigenvalue weighted by molar-refractivity contribution is 0.0950. The molecule has 0 bridgehead atoms. The fraction of sp³-hybridized carbons (Fsp3) is 0.0400. The van der Waals surface area contributed by atoms with Crippen molar-refractivity contribution in [1.29, 1.82) is 0 Å². The third kappa shape index (κ3) is 4.92. The first-order chi connectivity index (χ1) is 15.1. The lowest BCUT2D eigenvalue weighted by Crippen LogP contribution is -2.19. The van der Waals surface area contributed by atoms with Gasteiger partial charge in [0.25, 0.3) is 5.91 Å². The van der Waals surface area contributed by atoms with E-state index in [0.29, 0.717) is 23.5 Å². The van der Waals surface area contributed by atoms with Crippen LogP contribution in [0.4, 0.5) is 0 Å². The number of rotatable bonds is 6. The molecule has 0 aliphatic rings. The zero-order valence-electron chi connectivity index (χ0n) is 16.5. The summed E-state index contributed by atoms with van der Waals surface area (Å²) in [4.78, 5) is 12.8. The van der Waals surface area contributed by atoms with Crippen molar-refractivity contribution < 1.29 is 14.6 Å². The van der Waals surface area contributed by atoms with Gasteiger partial charge in [-0.2, -0.15) is 5.10 Å². The van der Waals surface area contributed by atoms with Gasteiger partial charge in [-0.05, 0) is 40.6 Å². The molecule has 0 aromatic heterocycles. The molecular weight excluding hydrogens is 456 g/mol. The van der Waals surface area contributed by atoms with Crippen molar-refractivity contribution in [1.82, 2.24) is 5.43 Å². The number of aromatic hydroxyl groups is 1. The van der Waals surface area contributed by atoms with E-state index in [4.69, 9.17) is 4.74 Å². The first kappa shape index (κ1) is 20.6. The Morgan fingerprint density at radius 3 is 2.61 bits per heavy atom. The summed E-state index contributed by atoms with van der Waals surface area (Å²) in [5.74, 6) is 0.124. The number of carbonyl (C=O) groups is 1. The third-order valence-corrected chi connectivity index (χ3v) is 5.22. The molecule has 0 saturated carbocycles.